The molecule has 2 heterocycles. The lowest BCUT2D eigenvalue weighted by molar-refractivity contribution is -0.138. The van der Waals surface area contributed by atoms with E-state index in [9.17, 15) is 23.1 Å². The second kappa shape index (κ2) is 11.1. The monoisotopic (exact) mass is 584 g/mol. The number of ether oxygens (including phenoxy) is 4. The van der Waals surface area contributed by atoms with E-state index in [1.165, 1.54) is 6.07 Å². The number of aliphatic hydroxyl groups is 1. The molecule has 1 saturated heterocycles. The van der Waals surface area contributed by atoms with E-state index in [0.29, 0.717) is 72.8 Å². The number of fused-ring (bicyclic) bond motifs is 2. The van der Waals surface area contributed by atoms with Crippen LogP contribution in [0.2, 0.25) is 0 Å². The molecule has 1 aliphatic carbocycles. The Hall–Kier alpha value is -3.76. The maximum absolute atomic E-state index is 14.2. The van der Waals surface area contributed by atoms with Gasteiger partial charge in [-0.25, -0.2) is 0 Å². The molecule has 0 unspecified atom stereocenters. The fourth-order valence-corrected chi connectivity index (χ4v) is 6.06. The van der Waals surface area contributed by atoms with Gasteiger partial charge < -0.3 is 29.2 Å². The lowest BCUT2D eigenvalue weighted by atomic mass is 9.91. The van der Waals surface area contributed by atoms with Gasteiger partial charge in [0.2, 0.25) is 0 Å². The van der Waals surface area contributed by atoms with E-state index in [1.54, 1.807) is 42.5 Å². The fourth-order valence-electron chi connectivity index (χ4n) is 6.06. The summed E-state index contributed by atoms with van der Waals surface area (Å²) in [6.07, 6.45) is -3.18. The number of carbonyl (C=O) groups is 1. The van der Waals surface area contributed by atoms with Crippen LogP contribution in [0.25, 0.3) is 11.1 Å². The number of hydrogen-bond acceptors (Lipinski definition) is 6. The first kappa shape index (κ1) is 28.4. The van der Waals surface area contributed by atoms with Crippen molar-refractivity contribution in [2.75, 3.05) is 26.4 Å². The van der Waals surface area contributed by atoms with Crippen molar-refractivity contribution in [2.45, 2.75) is 55.9 Å². The molecule has 0 saturated carbocycles. The molecule has 0 bridgehead atoms. The van der Waals surface area contributed by atoms with Gasteiger partial charge in [-0.05, 0) is 59.4 Å². The first-order chi connectivity index (χ1) is 20.1. The summed E-state index contributed by atoms with van der Waals surface area (Å²) in [5.41, 5.74) is 0.970. The Morgan fingerprint density at radius 1 is 1.00 bits per heavy atom. The minimum Gasteiger partial charge on any atom is -0.492 e. The van der Waals surface area contributed by atoms with Crippen LogP contribution in [-0.2, 0) is 22.1 Å². The average molecular weight is 585 g/mol. The molecule has 2 N–H and O–H groups in total. The molecule has 2 atom stereocenters. The van der Waals surface area contributed by atoms with E-state index in [4.69, 9.17) is 24.1 Å². The molecule has 3 aromatic carbocycles. The van der Waals surface area contributed by atoms with Crippen molar-refractivity contribution in [3.8, 4) is 28.4 Å². The van der Waals surface area contributed by atoms with Crippen LogP contribution in [0.1, 0.15) is 60.0 Å². The van der Waals surface area contributed by atoms with Crippen molar-refractivity contribution in [1.82, 2.24) is 0 Å². The second-order valence-corrected chi connectivity index (χ2v) is 11.2. The van der Waals surface area contributed by atoms with Crippen molar-refractivity contribution >= 4 is 5.97 Å². The minimum absolute atomic E-state index is 0.0295. The third kappa shape index (κ3) is 5.78. The maximum atomic E-state index is 14.2. The van der Waals surface area contributed by atoms with Crippen molar-refractivity contribution in [1.29, 1.82) is 0 Å². The number of aliphatic carboxylic acids is 1. The van der Waals surface area contributed by atoms with Crippen molar-refractivity contribution in [2.24, 2.45) is 0 Å². The Bertz CT molecular complexity index is 1460. The summed E-state index contributed by atoms with van der Waals surface area (Å²) in [6.45, 7) is 1.27. The van der Waals surface area contributed by atoms with Crippen LogP contribution in [0.5, 0.6) is 17.2 Å². The van der Waals surface area contributed by atoms with Crippen LogP contribution < -0.4 is 14.2 Å². The number of halogens is 3. The highest BCUT2D eigenvalue weighted by Crippen LogP contribution is 2.47. The molecule has 0 spiro atoms. The molecule has 2 aliphatic heterocycles. The third-order valence-corrected chi connectivity index (χ3v) is 8.30. The van der Waals surface area contributed by atoms with E-state index in [0.717, 1.165) is 11.6 Å². The largest absolute Gasteiger partial charge is 0.492 e. The number of carboxylic acids is 1. The SMILES string of the molecule is O=C(O)C[C@@H]1COc2cc(O[C@@H]3CCc4c3ccc(C(F)(F)F)c4-c3ccc(OCC4(O)CCOCC4)cc3)ccc21. The van der Waals surface area contributed by atoms with Gasteiger partial charge in [0.15, 0.2) is 0 Å². The highest BCUT2D eigenvalue weighted by Gasteiger charge is 2.38. The Kier molecular flexibility index (Phi) is 7.53. The predicted molar refractivity (Wildman–Crippen MR) is 146 cm³/mol. The van der Waals surface area contributed by atoms with Crippen LogP contribution in [0.15, 0.2) is 54.6 Å². The Morgan fingerprint density at radius 3 is 2.43 bits per heavy atom. The smallest absolute Gasteiger partial charge is 0.417 e. The van der Waals surface area contributed by atoms with E-state index < -0.39 is 29.4 Å². The Morgan fingerprint density at radius 2 is 1.71 bits per heavy atom. The summed E-state index contributed by atoms with van der Waals surface area (Å²) < 4.78 is 65.6. The van der Waals surface area contributed by atoms with Gasteiger partial charge in [-0.15, -0.1) is 0 Å². The van der Waals surface area contributed by atoms with Gasteiger partial charge in [0.25, 0.3) is 0 Å². The predicted octanol–water partition coefficient (Wildman–Crippen LogP) is 6.31. The highest BCUT2D eigenvalue weighted by molar-refractivity contribution is 5.75. The molecular formula is C32H31F3O7. The van der Waals surface area contributed by atoms with Gasteiger partial charge in [-0.3, -0.25) is 4.79 Å². The van der Waals surface area contributed by atoms with Gasteiger partial charge in [0.1, 0.15) is 35.6 Å². The topological polar surface area (TPSA) is 94.5 Å². The molecule has 10 heteroatoms. The summed E-state index contributed by atoms with van der Waals surface area (Å²) in [6, 6.07) is 14.4. The van der Waals surface area contributed by atoms with E-state index in [2.05, 4.69) is 0 Å². The number of hydrogen-bond donors (Lipinski definition) is 2. The van der Waals surface area contributed by atoms with Crippen LogP contribution >= 0.6 is 0 Å². The molecule has 7 nitrogen and oxygen atoms in total. The van der Waals surface area contributed by atoms with E-state index >= 15 is 0 Å². The normalized spacial score (nSPS) is 20.9. The third-order valence-electron chi connectivity index (χ3n) is 8.30. The molecule has 42 heavy (non-hydrogen) atoms. The standard InChI is InChI=1S/C32H31F3O7/c33-32(34,35)26-9-7-24-25(30(26)19-1-3-21(4-2-19)41-18-31(38)11-13-39-14-12-31)8-10-27(24)42-22-5-6-23-20(15-29(36)37)17-40-28(23)16-22/h1-7,9,16,20,27,38H,8,10-15,17-18H2,(H,36,37)/t20-,27-/m1/s1. The van der Waals surface area contributed by atoms with Crippen LogP contribution in [0, 0.1) is 0 Å². The maximum Gasteiger partial charge on any atom is 0.417 e. The Balaban J connectivity index is 1.24. The van der Waals surface area contributed by atoms with Gasteiger partial charge in [-0.1, -0.05) is 24.3 Å². The first-order valence-electron chi connectivity index (χ1n) is 14.0. The molecule has 222 valence electrons. The zero-order valence-electron chi connectivity index (χ0n) is 22.8. The number of rotatable bonds is 8. The molecule has 3 aliphatic rings. The highest BCUT2D eigenvalue weighted by atomic mass is 19.4. The van der Waals surface area contributed by atoms with E-state index in [-0.39, 0.29) is 31.1 Å². The summed E-state index contributed by atoms with van der Waals surface area (Å²) in [5.74, 6) is 0.410. The summed E-state index contributed by atoms with van der Waals surface area (Å²) in [5, 5.41) is 19.8. The van der Waals surface area contributed by atoms with Crippen molar-refractivity contribution in [3.63, 3.8) is 0 Å². The molecule has 1 fully saturated rings. The molecule has 0 amide bonds. The van der Waals surface area contributed by atoms with Crippen molar-refractivity contribution < 1.29 is 47.1 Å². The lowest BCUT2D eigenvalue weighted by Crippen LogP contribution is -2.41. The fraction of sp³-hybridized carbons (Fsp3) is 0.406. The number of alkyl halides is 3. The van der Waals surface area contributed by atoms with Gasteiger partial charge >= 0.3 is 12.1 Å². The molecule has 6 rings (SSSR count). The molecule has 0 aromatic heterocycles. The van der Waals surface area contributed by atoms with Crippen LogP contribution in [0.4, 0.5) is 13.2 Å². The zero-order chi connectivity index (χ0) is 29.5. The van der Waals surface area contributed by atoms with E-state index in [1.807, 2.05) is 0 Å². The average Bonchev–Trinajstić information content (AvgIpc) is 3.55. The number of carboxylic acid groups (broad SMARTS) is 1. The second-order valence-electron chi connectivity index (χ2n) is 11.2. The number of benzene rings is 3. The van der Waals surface area contributed by atoms with Crippen molar-refractivity contribution in [3.05, 3.63) is 76.9 Å². The van der Waals surface area contributed by atoms with Crippen LogP contribution in [0.3, 0.4) is 0 Å². The van der Waals surface area contributed by atoms with Gasteiger partial charge in [-0.2, -0.15) is 13.2 Å². The molecule has 0 radical (unpaired) electrons. The zero-order valence-corrected chi connectivity index (χ0v) is 22.8. The summed E-state index contributed by atoms with van der Waals surface area (Å²) in [4.78, 5) is 11.1. The summed E-state index contributed by atoms with van der Waals surface area (Å²) in [7, 11) is 0. The quantitative estimate of drug-likeness (QED) is 0.321. The van der Waals surface area contributed by atoms with Gasteiger partial charge in [0.05, 0.1) is 18.6 Å². The van der Waals surface area contributed by atoms with Crippen LogP contribution in [-0.4, -0.2) is 48.2 Å². The molecule has 3 aromatic rings. The molecular weight excluding hydrogens is 553 g/mol. The first-order valence-corrected chi connectivity index (χ1v) is 14.0. The lowest BCUT2D eigenvalue weighted by Gasteiger charge is -2.31. The van der Waals surface area contributed by atoms with Gasteiger partial charge in [0, 0.05) is 43.6 Å². The minimum atomic E-state index is -4.55. The summed E-state index contributed by atoms with van der Waals surface area (Å²) >= 11 is 0. The Labute approximate surface area is 240 Å².